The van der Waals surface area contributed by atoms with Crippen molar-refractivity contribution in [1.29, 1.82) is 0 Å². The summed E-state index contributed by atoms with van der Waals surface area (Å²) in [6.07, 6.45) is 1.27. The van der Waals surface area contributed by atoms with Gasteiger partial charge >= 0.3 is 5.97 Å². The highest BCUT2D eigenvalue weighted by Gasteiger charge is 2.17. The zero-order chi connectivity index (χ0) is 14.2. The van der Waals surface area contributed by atoms with Crippen molar-refractivity contribution in [1.82, 2.24) is 5.32 Å². The Bertz CT molecular complexity index is 377. The molecule has 1 unspecified atom stereocenters. The number of carboxylic acids is 1. The summed E-state index contributed by atoms with van der Waals surface area (Å²) >= 11 is 0. The fourth-order valence-electron chi connectivity index (χ4n) is 1.29. The van der Waals surface area contributed by atoms with Crippen LogP contribution in [0.3, 0.4) is 0 Å². The van der Waals surface area contributed by atoms with E-state index in [9.17, 15) is 18.0 Å². The summed E-state index contributed by atoms with van der Waals surface area (Å²) in [6.45, 7) is 3.70. The number of rotatable bonds is 9. The number of carbonyl (C=O) groups is 2. The van der Waals surface area contributed by atoms with Crippen molar-refractivity contribution in [2.75, 3.05) is 11.5 Å². The van der Waals surface area contributed by atoms with Gasteiger partial charge in [0.25, 0.3) is 0 Å². The summed E-state index contributed by atoms with van der Waals surface area (Å²) in [4.78, 5) is 21.6. The fraction of sp³-hybridized carbons (Fsp3) is 0.818. The molecule has 2 N–H and O–H groups in total. The minimum absolute atomic E-state index is 0.0419. The Morgan fingerprint density at radius 1 is 1.28 bits per heavy atom. The van der Waals surface area contributed by atoms with Crippen LogP contribution in [0, 0.1) is 0 Å². The zero-order valence-electron chi connectivity index (χ0n) is 10.8. The predicted molar refractivity (Wildman–Crippen MR) is 68.0 cm³/mol. The highest BCUT2D eigenvalue weighted by atomic mass is 32.2. The second-order valence-electron chi connectivity index (χ2n) is 4.32. The molecule has 0 aromatic carbocycles. The van der Waals surface area contributed by atoms with Gasteiger partial charge in [0, 0.05) is 12.5 Å². The van der Waals surface area contributed by atoms with E-state index in [-0.39, 0.29) is 24.6 Å². The van der Waals surface area contributed by atoms with Crippen LogP contribution in [0.15, 0.2) is 0 Å². The monoisotopic (exact) mass is 279 g/mol. The zero-order valence-corrected chi connectivity index (χ0v) is 11.6. The van der Waals surface area contributed by atoms with Crippen LogP contribution in [-0.2, 0) is 19.4 Å². The van der Waals surface area contributed by atoms with E-state index in [4.69, 9.17) is 5.11 Å². The Morgan fingerprint density at radius 3 is 2.39 bits per heavy atom. The quantitative estimate of drug-likeness (QED) is 0.601. The van der Waals surface area contributed by atoms with Crippen LogP contribution in [0.4, 0.5) is 0 Å². The van der Waals surface area contributed by atoms with E-state index >= 15 is 0 Å². The summed E-state index contributed by atoms with van der Waals surface area (Å²) in [7, 11) is -3.44. The molecule has 0 saturated carbocycles. The van der Waals surface area contributed by atoms with Crippen molar-refractivity contribution in [2.45, 2.75) is 45.6 Å². The predicted octanol–water partition coefficient (Wildman–Crippen LogP) is 0.571. The summed E-state index contributed by atoms with van der Waals surface area (Å²) in [5.41, 5.74) is 0. The van der Waals surface area contributed by atoms with E-state index in [1.54, 1.807) is 6.92 Å². The van der Waals surface area contributed by atoms with Crippen molar-refractivity contribution in [3.63, 3.8) is 0 Å². The molecule has 7 heteroatoms. The van der Waals surface area contributed by atoms with Crippen molar-refractivity contribution < 1.29 is 23.1 Å². The van der Waals surface area contributed by atoms with Gasteiger partial charge in [-0.15, -0.1) is 0 Å². The molecule has 0 aromatic rings. The van der Waals surface area contributed by atoms with Crippen LogP contribution in [0.25, 0.3) is 0 Å². The van der Waals surface area contributed by atoms with Gasteiger partial charge in [-0.1, -0.05) is 6.92 Å². The van der Waals surface area contributed by atoms with Crippen LogP contribution in [0.2, 0.25) is 0 Å². The van der Waals surface area contributed by atoms with E-state index in [1.165, 1.54) is 0 Å². The number of amides is 1. The summed E-state index contributed by atoms with van der Waals surface area (Å²) in [6, 6.07) is -0.0419. The second kappa shape index (κ2) is 8.07. The first kappa shape index (κ1) is 16.9. The third-order valence-corrected chi connectivity index (χ3v) is 4.08. The molecule has 106 valence electrons. The first-order valence-corrected chi connectivity index (χ1v) is 7.80. The Hall–Kier alpha value is -1.11. The van der Waals surface area contributed by atoms with Crippen molar-refractivity contribution in [3.8, 4) is 0 Å². The van der Waals surface area contributed by atoms with Crippen molar-refractivity contribution in [2.24, 2.45) is 0 Å². The number of aliphatic carboxylic acids is 1. The molecule has 0 fully saturated rings. The molecular weight excluding hydrogens is 258 g/mol. The molecule has 0 saturated heterocycles. The van der Waals surface area contributed by atoms with Crippen LogP contribution >= 0.6 is 0 Å². The number of unbranched alkanes of at least 4 members (excludes halogenated alkanes) is 1. The Balaban J connectivity index is 4.00. The molecule has 0 aliphatic rings. The number of nitrogens with one attached hydrogen (secondary N) is 1. The third kappa shape index (κ3) is 8.98. The molecule has 0 bridgehead atoms. The minimum Gasteiger partial charge on any atom is -0.481 e. The van der Waals surface area contributed by atoms with Gasteiger partial charge in [-0.3, -0.25) is 9.59 Å². The molecule has 0 rings (SSSR count). The lowest BCUT2D eigenvalue weighted by molar-refractivity contribution is -0.137. The number of sulfone groups is 1. The fourth-order valence-corrected chi connectivity index (χ4v) is 2.56. The summed E-state index contributed by atoms with van der Waals surface area (Å²) < 4.78 is 23.1. The van der Waals surface area contributed by atoms with Gasteiger partial charge in [-0.2, -0.15) is 0 Å². The molecule has 1 amide bonds. The lowest BCUT2D eigenvalue weighted by Crippen LogP contribution is -2.36. The van der Waals surface area contributed by atoms with Gasteiger partial charge in [0.1, 0.15) is 5.75 Å². The number of hydrogen-bond donors (Lipinski definition) is 2. The van der Waals surface area contributed by atoms with E-state index in [0.29, 0.717) is 6.42 Å². The van der Waals surface area contributed by atoms with Gasteiger partial charge in [0.05, 0.1) is 5.75 Å². The van der Waals surface area contributed by atoms with Crippen molar-refractivity contribution >= 4 is 21.7 Å². The summed E-state index contributed by atoms with van der Waals surface area (Å²) in [5.74, 6) is -2.11. The molecule has 0 aliphatic heterocycles. The van der Waals surface area contributed by atoms with E-state index in [0.717, 1.165) is 6.42 Å². The number of carbonyl (C=O) groups excluding carboxylic acids is 1. The van der Waals surface area contributed by atoms with Gasteiger partial charge in [0.2, 0.25) is 5.91 Å². The van der Waals surface area contributed by atoms with Crippen LogP contribution in [0.5, 0.6) is 0 Å². The van der Waals surface area contributed by atoms with Crippen LogP contribution < -0.4 is 5.32 Å². The van der Waals surface area contributed by atoms with Gasteiger partial charge < -0.3 is 10.4 Å². The molecule has 0 aliphatic carbocycles. The molecule has 6 nitrogen and oxygen atoms in total. The third-order valence-electron chi connectivity index (χ3n) is 2.47. The number of hydrogen-bond acceptors (Lipinski definition) is 4. The smallest absolute Gasteiger partial charge is 0.303 e. The maximum Gasteiger partial charge on any atom is 0.303 e. The largest absolute Gasteiger partial charge is 0.481 e. The average Bonchev–Trinajstić information content (AvgIpc) is 2.23. The maximum absolute atomic E-state index is 11.5. The van der Waals surface area contributed by atoms with Crippen LogP contribution in [-0.4, -0.2) is 42.9 Å². The normalized spacial score (nSPS) is 13.0. The lowest BCUT2D eigenvalue weighted by atomic mass is 10.2. The minimum atomic E-state index is -3.44. The van der Waals surface area contributed by atoms with Gasteiger partial charge in [-0.25, -0.2) is 8.42 Å². The molecule has 0 heterocycles. The standard InChI is InChI=1S/C11H21NO5S/c1-3-9(2)12-10(13)8-18(16,17)7-5-4-6-11(14)15/h9H,3-8H2,1-2H3,(H,12,13)(H,14,15). The highest BCUT2D eigenvalue weighted by Crippen LogP contribution is 2.01. The Morgan fingerprint density at radius 2 is 1.89 bits per heavy atom. The Labute approximate surface area is 108 Å². The molecule has 0 spiro atoms. The average molecular weight is 279 g/mol. The van der Waals surface area contributed by atoms with E-state index < -0.39 is 27.5 Å². The molecule has 1 atom stereocenters. The summed E-state index contributed by atoms with van der Waals surface area (Å²) in [5, 5.41) is 11.0. The second-order valence-corrected chi connectivity index (χ2v) is 6.50. The highest BCUT2D eigenvalue weighted by molar-refractivity contribution is 7.92. The number of carboxylic acid groups (broad SMARTS) is 1. The first-order chi connectivity index (χ1) is 8.26. The molecule has 0 aromatic heterocycles. The van der Waals surface area contributed by atoms with E-state index in [1.807, 2.05) is 6.92 Å². The molecule has 18 heavy (non-hydrogen) atoms. The first-order valence-electron chi connectivity index (χ1n) is 5.98. The topological polar surface area (TPSA) is 101 Å². The van der Waals surface area contributed by atoms with Crippen molar-refractivity contribution in [3.05, 3.63) is 0 Å². The molecular formula is C11H21NO5S. The SMILES string of the molecule is CCC(C)NC(=O)CS(=O)(=O)CCCCC(=O)O. The molecule has 0 radical (unpaired) electrons. The lowest BCUT2D eigenvalue weighted by Gasteiger charge is -2.11. The van der Waals surface area contributed by atoms with Gasteiger partial charge in [0.15, 0.2) is 9.84 Å². The van der Waals surface area contributed by atoms with Crippen LogP contribution in [0.1, 0.15) is 39.5 Å². The van der Waals surface area contributed by atoms with Gasteiger partial charge in [-0.05, 0) is 26.2 Å². The maximum atomic E-state index is 11.5. The van der Waals surface area contributed by atoms with E-state index in [2.05, 4.69) is 5.32 Å². The Kier molecular flexibility index (Phi) is 7.58.